The Balaban J connectivity index is 2.05. The van der Waals surface area contributed by atoms with Crippen molar-refractivity contribution in [1.82, 2.24) is 9.55 Å². The van der Waals surface area contributed by atoms with Gasteiger partial charge in [0.05, 0.1) is 18.5 Å². The number of rotatable bonds is 3. The average Bonchev–Trinajstić information content (AvgIpc) is 2.90. The van der Waals surface area contributed by atoms with Crippen molar-refractivity contribution in [1.29, 1.82) is 0 Å². The SMILES string of the molecule is COc1cccc(-n2cc(-c3ccc(F)cc3)[nH]c2=S)c1. The Bertz CT molecular complexity index is 821. The van der Waals surface area contributed by atoms with Gasteiger partial charge in [0.2, 0.25) is 0 Å². The highest BCUT2D eigenvalue weighted by molar-refractivity contribution is 7.71. The third kappa shape index (κ3) is 2.73. The summed E-state index contributed by atoms with van der Waals surface area (Å²) in [6, 6.07) is 13.9. The van der Waals surface area contributed by atoms with Crippen LogP contribution < -0.4 is 4.74 Å². The Morgan fingerprint density at radius 2 is 1.90 bits per heavy atom. The first kappa shape index (κ1) is 13.6. The largest absolute Gasteiger partial charge is 0.497 e. The van der Waals surface area contributed by atoms with Crippen LogP contribution in [0, 0.1) is 10.6 Å². The quantitative estimate of drug-likeness (QED) is 0.729. The van der Waals surface area contributed by atoms with Crippen LogP contribution in [-0.4, -0.2) is 16.7 Å². The second-order valence-corrected chi connectivity index (χ2v) is 4.94. The van der Waals surface area contributed by atoms with E-state index in [-0.39, 0.29) is 5.82 Å². The summed E-state index contributed by atoms with van der Waals surface area (Å²) in [6.07, 6.45) is 1.89. The molecule has 0 aliphatic heterocycles. The van der Waals surface area contributed by atoms with Crippen molar-refractivity contribution in [2.24, 2.45) is 0 Å². The zero-order valence-corrected chi connectivity index (χ0v) is 12.2. The van der Waals surface area contributed by atoms with Crippen molar-refractivity contribution in [3.63, 3.8) is 0 Å². The lowest BCUT2D eigenvalue weighted by Crippen LogP contribution is -1.92. The Hall–Kier alpha value is -2.40. The van der Waals surface area contributed by atoms with Gasteiger partial charge in [0, 0.05) is 12.3 Å². The van der Waals surface area contributed by atoms with Crippen molar-refractivity contribution in [2.75, 3.05) is 7.11 Å². The van der Waals surface area contributed by atoms with Crippen molar-refractivity contribution < 1.29 is 9.13 Å². The van der Waals surface area contributed by atoms with Crippen LogP contribution in [0.3, 0.4) is 0 Å². The molecule has 0 spiro atoms. The Morgan fingerprint density at radius 3 is 2.62 bits per heavy atom. The van der Waals surface area contributed by atoms with E-state index < -0.39 is 0 Å². The fraction of sp³-hybridized carbons (Fsp3) is 0.0625. The second kappa shape index (κ2) is 5.54. The van der Waals surface area contributed by atoms with Gasteiger partial charge in [-0.2, -0.15) is 0 Å². The van der Waals surface area contributed by atoms with Crippen LogP contribution in [0.4, 0.5) is 4.39 Å². The van der Waals surface area contributed by atoms with E-state index >= 15 is 0 Å². The maximum absolute atomic E-state index is 13.0. The van der Waals surface area contributed by atoms with Crippen LogP contribution in [-0.2, 0) is 0 Å². The maximum atomic E-state index is 13.0. The van der Waals surface area contributed by atoms with Gasteiger partial charge >= 0.3 is 0 Å². The van der Waals surface area contributed by atoms with Gasteiger partial charge < -0.3 is 9.72 Å². The second-order valence-electron chi connectivity index (χ2n) is 4.55. The summed E-state index contributed by atoms with van der Waals surface area (Å²) in [5.74, 6) is 0.503. The molecule has 0 saturated heterocycles. The van der Waals surface area contributed by atoms with Gasteiger partial charge in [-0.1, -0.05) is 6.07 Å². The third-order valence-electron chi connectivity index (χ3n) is 3.21. The van der Waals surface area contributed by atoms with E-state index in [1.165, 1.54) is 12.1 Å². The summed E-state index contributed by atoms with van der Waals surface area (Å²) in [5.41, 5.74) is 2.62. The number of nitrogens with one attached hydrogen (secondary N) is 1. The van der Waals surface area contributed by atoms with E-state index in [0.29, 0.717) is 4.77 Å². The standard InChI is InChI=1S/C16H13FN2OS/c1-20-14-4-2-3-13(9-14)19-10-15(18-16(19)21)11-5-7-12(17)8-6-11/h2-10H,1H3,(H,18,21). The number of aromatic amines is 1. The molecular weight excluding hydrogens is 287 g/mol. The molecule has 0 atom stereocenters. The Labute approximate surface area is 126 Å². The average molecular weight is 300 g/mol. The first-order chi connectivity index (χ1) is 10.2. The lowest BCUT2D eigenvalue weighted by Gasteiger charge is -2.04. The van der Waals surface area contributed by atoms with Crippen LogP contribution in [0.2, 0.25) is 0 Å². The highest BCUT2D eigenvalue weighted by Crippen LogP contribution is 2.22. The van der Waals surface area contributed by atoms with Crippen LogP contribution in [0.25, 0.3) is 16.9 Å². The summed E-state index contributed by atoms with van der Waals surface area (Å²) in [6.45, 7) is 0. The molecule has 1 N–H and O–H groups in total. The molecule has 0 aliphatic carbocycles. The Morgan fingerprint density at radius 1 is 1.14 bits per heavy atom. The molecular formula is C16H13FN2OS. The van der Waals surface area contributed by atoms with E-state index in [1.807, 2.05) is 35.0 Å². The van der Waals surface area contributed by atoms with Crippen molar-refractivity contribution in [3.8, 4) is 22.7 Å². The van der Waals surface area contributed by atoms with Crippen molar-refractivity contribution in [3.05, 3.63) is 65.3 Å². The first-order valence-electron chi connectivity index (χ1n) is 6.39. The molecule has 1 aromatic heterocycles. The highest BCUT2D eigenvalue weighted by atomic mass is 32.1. The van der Waals surface area contributed by atoms with Gasteiger partial charge in [-0.3, -0.25) is 4.57 Å². The number of nitrogens with zero attached hydrogens (tertiary/aromatic N) is 1. The normalized spacial score (nSPS) is 10.6. The fourth-order valence-corrected chi connectivity index (χ4v) is 2.39. The number of hydrogen-bond acceptors (Lipinski definition) is 2. The molecule has 21 heavy (non-hydrogen) atoms. The summed E-state index contributed by atoms with van der Waals surface area (Å²) < 4.78 is 20.6. The maximum Gasteiger partial charge on any atom is 0.182 e. The highest BCUT2D eigenvalue weighted by Gasteiger charge is 2.06. The van der Waals surface area contributed by atoms with Crippen LogP contribution >= 0.6 is 12.2 Å². The summed E-state index contributed by atoms with van der Waals surface area (Å²) in [4.78, 5) is 3.13. The van der Waals surface area contributed by atoms with Gasteiger partial charge in [-0.05, 0) is 54.2 Å². The molecule has 0 amide bonds. The number of imidazole rings is 1. The van der Waals surface area contributed by atoms with Crippen LogP contribution in [0.5, 0.6) is 5.75 Å². The smallest absolute Gasteiger partial charge is 0.182 e. The van der Waals surface area contributed by atoms with E-state index in [2.05, 4.69) is 4.98 Å². The number of aromatic nitrogens is 2. The minimum atomic E-state index is -0.260. The molecule has 0 saturated carbocycles. The van der Waals surface area contributed by atoms with E-state index in [9.17, 15) is 4.39 Å². The lowest BCUT2D eigenvalue weighted by atomic mass is 10.2. The number of methoxy groups -OCH3 is 1. The molecule has 0 radical (unpaired) electrons. The molecule has 106 valence electrons. The molecule has 3 rings (SSSR count). The predicted molar refractivity (Wildman–Crippen MR) is 82.9 cm³/mol. The number of ether oxygens (including phenoxy) is 1. The van der Waals surface area contributed by atoms with Gasteiger partial charge in [-0.15, -0.1) is 0 Å². The molecule has 1 heterocycles. The molecule has 0 aliphatic rings. The molecule has 3 nitrogen and oxygen atoms in total. The van der Waals surface area contributed by atoms with Gasteiger partial charge in [0.1, 0.15) is 11.6 Å². The zero-order chi connectivity index (χ0) is 14.8. The zero-order valence-electron chi connectivity index (χ0n) is 11.3. The number of halogens is 1. The minimum absolute atomic E-state index is 0.260. The molecule has 5 heteroatoms. The predicted octanol–water partition coefficient (Wildman–Crippen LogP) is 4.35. The van der Waals surface area contributed by atoms with Crippen LogP contribution in [0.1, 0.15) is 0 Å². The first-order valence-corrected chi connectivity index (χ1v) is 6.80. The third-order valence-corrected chi connectivity index (χ3v) is 3.50. The van der Waals surface area contributed by atoms with Gasteiger partial charge in [0.25, 0.3) is 0 Å². The van der Waals surface area contributed by atoms with Crippen LogP contribution in [0.15, 0.2) is 54.7 Å². The van der Waals surface area contributed by atoms with E-state index in [4.69, 9.17) is 17.0 Å². The van der Waals surface area contributed by atoms with Gasteiger partial charge in [0.15, 0.2) is 4.77 Å². The molecule has 3 aromatic rings. The molecule has 0 unspecified atom stereocenters. The number of benzene rings is 2. The summed E-state index contributed by atoms with van der Waals surface area (Å²) >= 11 is 5.35. The minimum Gasteiger partial charge on any atom is -0.497 e. The number of H-pyrrole nitrogens is 1. The molecule has 0 fully saturated rings. The van der Waals surface area contributed by atoms with Crippen molar-refractivity contribution >= 4 is 12.2 Å². The fourth-order valence-electron chi connectivity index (χ4n) is 2.12. The summed E-state index contributed by atoms with van der Waals surface area (Å²) in [7, 11) is 1.62. The van der Waals surface area contributed by atoms with E-state index in [0.717, 1.165) is 22.7 Å². The van der Waals surface area contributed by atoms with Gasteiger partial charge in [-0.25, -0.2) is 4.39 Å². The number of hydrogen-bond donors (Lipinski definition) is 1. The summed E-state index contributed by atoms with van der Waals surface area (Å²) in [5, 5.41) is 0. The van der Waals surface area contributed by atoms with E-state index in [1.54, 1.807) is 19.2 Å². The Kier molecular flexibility index (Phi) is 3.58. The van der Waals surface area contributed by atoms with Crippen molar-refractivity contribution in [2.45, 2.75) is 0 Å². The molecule has 0 bridgehead atoms. The molecule has 2 aromatic carbocycles. The lowest BCUT2D eigenvalue weighted by molar-refractivity contribution is 0.414. The monoisotopic (exact) mass is 300 g/mol. The topological polar surface area (TPSA) is 29.9 Å².